The Kier molecular flexibility index (Phi) is 6.62. The Morgan fingerprint density at radius 2 is 1.82 bits per heavy atom. The molecular weight excluding hydrogens is 376 g/mol. The van der Waals surface area contributed by atoms with E-state index in [0.29, 0.717) is 29.7 Å². The zero-order valence-corrected chi connectivity index (χ0v) is 16.8. The third kappa shape index (κ3) is 4.68. The Hall–Kier alpha value is -2.90. The van der Waals surface area contributed by atoms with Gasteiger partial charge in [-0.25, -0.2) is 4.98 Å². The molecular formula is C21H22N2O4S. The summed E-state index contributed by atoms with van der Waals surface area (Å²) in [6.45, 7) is 2.81. The number of rotatable bonds is 8. The lowest BCUT2D eigenvalue weighted by atomic mass is 10.1. The number of thiazole rings is 1. The number of hydrogen-bond donors (Lipinski definition) is 1. The summed E-state index contributed by atoms with van der Waals surface area (Å²) in [6, 6.07) is 14.8. The van der Waals surface area contributed by atoms with Gasteiger partial charge in [-0.05, 0) is 43.3 Å². The maximum Gasteiger partial charge on any atom is 0.261 e. The number of ether oxygens (including phenoxy) is 3. The van der Waals surface area contributed by atoms with Gasteiger partial charge in [0.1, 0.15) is 18.1 Å². The molecule has 28 heavy (non-hydrogen) atoms. The maximum absolute atomic E-state index is 12.7. The number of aryl methyl sites for hydroxylation is 1. The molecule has 0 spiro atoms. The van der Waals surface area contributed by atoms with Gasteiger partial charge in [0.25, 0.3) is 5.91 Å². The molecule has 2 aromatic carbocycles. The number of hydrogen-bond acceptors (Lipinski definition) is 6. The van der Waals surface area contributed by atoms with E-state index in [-0.39, 0.29) is 5.91 Å². The van der Waals surface area contributed by atoms with E-state index in [1.807, 2.05) is 37.3 Å². The van der Waals surface area contributed by atoms with Crippen molar-refractivity contribution in [1.82, 2.24) is 4.98 Å². The highest BCUT2D eigenvalue weighted by molar-refractivity contribution is 7.16. The third-order valence-corrected chi connectivity index (χ3v) is 4.94. The second kappa shape index (κ2) is 9.34. The summed E-state index contributed by atoms with van der Waals surface area (Å²) in [4.78, 5) is 18.3. The molecule has 146 valence electrons. The molecule has 0 aliphatic rings. The molecule has 0 aliphatic heterocycles. The van der Waals surface area contributed by atoms with E-state index >= 15 is 0 Å². The standard InChI is InChI=1S/C21H22N2O4S/c1-14-19(15-8-10-16(26-3)11-9-15)22-21(28-14)23-20(24)17-6-4-5-7-18(17)27-13-12-25-2/h4-11H,12-13H2,1-3H3,(H,22,23,24). The summed E-state index contributed by atoms with van der Waals surface area (Å²) in [5.41, 5.74) is 2.27. The minimum Gasteiger partial charge on any atom is -0.497 e. The summed E-state index contributed by atoms with van der Waals surface area (Å²) in [7, 11) is 3.24. The van der Waals surface area contributed by atoms with Crippen LogP contribution < -0.4 is 14.8 Å². The summed E-state index contributed by atoms with van der Waals surface area (Å²) in [5.74, 6) is 1.04. The number of nitrogens with zero attached hydrogens (tertiary/aromatic N) is 1. The Labute approximate surface area is 168 Å². The van der Waals surface area contributed by atoms with Gasteiger partial charge in [0.05, 0.1) is 25.0 Å². The van der Waals surface area contributed by atoms with E-state index in [0.717, 1.165) is 21.9 Å². The Morgan fingerprint density at radius 1 is 1.07 bits per heavy atom. The number of benzene rings is 2. The first-order chi connectivity index (χ1) is 13.6. The van der Waals surface area contributed by atoms with E-state index in [4.69, 9.17) is 14.2 Å². The smallest absolute Gasteiger partial charge is 0.261 e. The van der Waals surface area contributed by atoms with Gasteiger partial charge in [-0.3, -0.25) is 10.1 Å². The quantitative estimate of drug-likeness (QED) is 0.570. The fourth-order valence-electron chi connectivity index (χ4n) is 2.65. The minimum atomic E-state index is -0.261. The van der Waals surface area contributed by atoms with E-state index in [1.165, 1.54) is 11.3 Å². The van der Waals surface area contributed by atoms with Gasteiger partial charge in [0, 0.05) is 17.6 Å². The first-order valence-corrected chi connectivity index (χ1v) is 9.58. The average molecular weight is 398 g/mol. The molecule has 7 heteroatoms. The van der Waals surface area contributed by atoms with Crippen molar-refractivity contribution in [2.24, 2.45) is 0 Å². The molecule has 1 heterocycles. The monoisotopic (exact) mass is 398 g/mol. The van der Waals surface area contributed by atoms with Crippen molar-refractivity contribution in [3.8, 4) is 22.8 Å². The van der Waals surface area contributed by atoms with Crippen molar-refractivity contribution in [2.75, 3.05) is 32.8 Å². The second-order valence-corrected chi connectivity index (χ2v) is 7.15. The average Bonchev–Trinajstić information content (AvgIpc) is 3.08. The fourth-order valence-corrected chi connectivity index (χ4v) is 3.48. The molecule has 0 aliphatic carbocycles. The molecule has 0 radical (unpaired) electrons. The lowest BCUT2D eigenvalue weighted by Crippen LogP contribution is -2.14. The van der Waals surface area contributed by atoms with Crippen molar-refractivity contribution in [1.29, 1.82) is 0 Å². The zero-order chi connectivity index (χ0) is 19.9. The van der Waals surface area contributed by atoms with Crippen LogP contribution >= 0.6 is 11.3 Å². The molecule has 1 aromatic heterocycles. The second-order valence-electron chi connectivity index (χ2n) is 5.94. The van der Waals surface area contributed by atoms with Crippen LogP contribution in [0.5, 0.6) is 11.5 Å². The van der Waals surface area contributed by atoms with E-state index in [9.17, 15) is 4.79 Å². The molecule has 0 fully saturated rings. The molecule has 3 rings (SSSR count). The summed E-state index contributed by atoms with van der Waals surface area (Å²) in [6.07, 6.45) is 0. The predicted octanol–water partition coefficient (Wildman–Crippen LogP) is 4.40. The van der Waals surface area contributed by atoms with Crippen LogP contribution in [0.2, 0.25) is 0 Å². The molecule has 6 nitrogen and oxygen atoms in total. The van der Waals surface area contributed by atoms with Gasteiger partial charge in [-0.15, -0.1) is 11.3 Å². The van der Waals surface area contributed by atoms with Gasteiger partial charge in [-0.2, -0.15) is 0 Å². The number of carbonyl (C=O) groups is 1. The van der Waals surface area contributed by atoms with Crippen LogP contribution in [-0.4, -0.2) is 38.3 Å². The van der Waals surface area contributed by atoms with Gasteiger partial charge in [0.15, 0.2) is 5.13 Å². The first-order valence-electron chi connectivity index (χ1n) is 8.76. The third-order valence-electron chi connectivity index (χ3n) is 4.06. The number of amides is 1. The molecule has 1 N–H and O–H groups in total. The largest absolute Gasteiger partial charge is 0.497 e. The molecule has 0 atom stereocenters. The molecule has 0 saturated heterocycles. The van der Waals surface area contributed by atoms with E-state index in [2.05, 4.69) is 10.3 Å². The molecule has 0 unspecified atom stereocenters. The first kappa shape index (κ1) is 19.9. The lowest BCUT2D eigenvalue weighted by molar-refractivity contribution is 0.101. The Morgan fingerprint density at radius 3 is 2.54 bits per heavy atom. The van der Waals surface area contributed by atoms with Crippen molar-refractivity contribution in [3.63, 3.8) is 0 Å². The highest BCUT2D eigenvalue weighted by Gasteiger charge is 2.16. The van der Waals surface area contributed by atoms with Gasteiger partial charge >= 0.3 is 0 Å². The molecule has 0 bridgehead atoms. The number of aromatic nitrogens is 1. The van der Waals surface area contributed by atoms with E-state index in [1.54, 1.807) is 32.4 Å². The summed E-state index contributed by atoms with van der Waals surface area (Å²) in [5, 5.41) is 3.42. The Bertz CT molecular complexity index is 938. The topological polar surface area (TPSA) is 69.7 Å². The van der Waals surface area contributed by atoms with Crippen molar-refractivity contribution < 1.29 is 19.0 Å². The van der Waals surface area contributed by atoms with Crippen LogP contribution in [0.15, 0.2) is 48.5 Å². The number of nitrogens with one attached hydrogen (secondary N) is 1. The SMILES string of the molecule is COCCOc1ccccc1C(=O)Nc1nc(-c2ccc(OC)cc2)c(C)s1. The van der Waals surface area contributed by atoms with Crippen LogP contribution in [0.4, 0.5) is 5.13 Å². The van der Waals surface area contributed by atoms with Gasteiger partial charge in [0.2, 0.25) is 0 Å². The van der Waals surface area contributed by atoms with Gasteiger partial charge < -0.3 is 14.2 Å². The summed E-state index contributed by atoms with van der Waals surface area (Å²) < 4.78 is 15.8. The number of methoxy groups -OCH3 is 2. The maximum atomic E-state index is 12.7. The molecule has 0 saturated carbocycles. The highest BCUT2D eigenvalue weighted by atomic mass is 32.1. The van der Waals surface area contributed by atoms with Crippen molar-refractivity contribution >= 4 is 22.4 Å². The van der Waals surface area contributed by atoms with Crippen LogP contribution in [-0.2, 0) is 4.74 Å². The molecule has 3 aromatic rings. The number of carbonyl (C=O) groups excluding carboxylic acids is 1. The van der Waals surface area contributed by atoms with Crippen LogP contribution in [0.25, 0.3) is 11.3 Å². The zero-order valence-electron chi connectivity index (χ0n) is 16.0. The predicted molar refractivity (Wildman–Crippen MR) is 111 cm³/mol. The molecule has 1 amide bonds. The Balaban J connectivity index is 1.76. The lowest BCUT2D eigenvalue weighted by Gasteiger charge is -2.10. The fraction of sp³-hybridized carbons (Fsp3) is 0.238. The normalized spacial score (nSPS) is 10.5. The van der Waals surface area contributed by atoms with Crippen molar-refractivity contribution in [3.05, 3.63) is 59.0 Å². The van der Waals surface area contributed by atoms with Crippen LogP contribution in [0.1, 0.15) is 15.2 Å². The number of para-hydroxylation sites is 1. The number of anilines is 1. The minimum absolute atomic E-state index is 0.261. The summed E-state index contributed by atoms with van der Waals surface area (Å²) >= 11 is 1.43. The van der Waals surface area contributed by atoms with Crippen LogP contribution in [0, 0.1) is 6.92 Å². The highest BCUT2D eigenvalue weighted by Crippen LogP contribution is 2.32. The van der Waals surface area contributed by atoms with Gasteiger partial charge in [-0.1, -0.05) is 12.1 Å². The van der Waals surface area contributed by atoms with Crippen LogP contribution in [0.3, 0.4) is 0 Å². The van der Waals surface area contributed by atoms with E-state index < -0.39 is 0 Å². The van der Waals surface area contributed by atoms with Crippen molar-refractivity contribution in [2.45, 2.75) is 6.92 Å².